The highest BCUT2D eigenvalue weighted by Crippen LogP contribution is 2.60. The molecule has 0 N–H and O–H groups in total. The molecule has 2 heterocycles. The summed E-state index contributed by atoms with van der Waals surface area (Å²) in [6.45, 7) is 5.35. The maximum atomic E-state index is 13.1. The van der Waals surface area contributed by atoms with E-state index in [1.165, 1.54) is 51.4 Å². The summed E-state index contributed by atoms with van der Waals surface area (Å²) >= 11 is 6.03. The number of hydrogen-bond acceptors (Lipinski definition) is 4. The molecule has 1 aromatic heterocycles. The minimum Gasteiger partial charge on any atom is -0.354 e. The Labute approximate surface area is 186 Å². The maximum absolute atomic E-state index is 13.1. The molecular formula is C25H36ClN3O. The Balaban J connectivity index is 0.997. The lowest BCUT2D eigenvalue weighted by molar-refractivity contribution is -0.144. The highest BCUT2D eigenvalue weighted by atomic mass is 35.5. The van der Waals surface area contributed by atoms with Crippen LogP contribution in [0.2, 0.25) is 5.15 Å². The van der Waals surface area contributed by atoms with Crippen molar-refractivity contribution >= 4 is 23.2 Å². The molecule has 4 saturated carbocycles. The van der Waals surface area contributed by atoms with Crippen molar-refractivity contribution in [3.8, 4) is 0 Å². The van der Waals surface area contributed by atoms with E-state index in [1.54, 1.807) is 0 Å². The lowest BCUT2D eigenvalue weighted by atomic mass is 9.48. The molecule has 5 fully saturated rings. The average molecular weight is 430 g/mol. The summed E-state index contributed by atoms with van der Waals surface area (Å²) in [5, 5.41) is 0.568. The van der Waals surface area contributed by atoms with Crippen molar-refractivity contribution < 1.29 is 4.79 Å². The molecule has 5 aliphatic rings. The van der Waals surface area contributed by atoms with Gasteiger partial charge in [-0.1, -0.05) is 24.1 Å². The van der Waals surface area contributed by atoms with Gasteiger partial charge < -0.3 is 4.90 Å². The summed E-state index contributed by atoms with van der Waals surface area (Å²) in [5.41, 5.74) is 0.111. The summed E-state index contributed by atoms with van der Waals surface area (Å²) in [6.07, 6.45) is 12.3. The van der Waals surface area contributed by atoms with Gasteiger partial charge in [0, 0.05) is 38.0 Å². The van der Waals surface area contributed by atoms with Crippen molar-refractivity contribution in [2.75, 3.05) is 37.6 Å². The fourth-order valence-corrected chi connectivity index (χ4v) is 7.45. The average Bonchev–Trinajstić information content (AvgIpc) is 2.73. The van der Waals surface area contributed by atoms with Crippen molar-refractivity contribution in [3.63, 3.8) is 0 Å². The Hall–Kier alpha value is -1.13. The molecule has 4 aliphatic carbocycles. The number of halogens is 1. The molecule has 4 nitrogen and oxygen atoms in total. The zero-order valence-electron chi connectivity index (χ0n) is 18.2. The van der Waals surface area contributed by atoms with Gasteiger partial charge in [-0.05, 0) is 87.8 Å². The molecule has 164 valence electrons. The molecule has 0 atom stereocenters. The van der Waals surface area contributed by atoms with Gasteiger partial charge in [-0.25, -0.2) is 4.98 Å². The first-order valence-electron chi connectivity index (χ1n) is 12.2. The molecule has 1 aliphatic heterocycles. The van der Waals surface area contributed by atoms with E-state index in [9.17, 15) is 4.79 Å². The summed E-state index contributed by atoms with van der Waals surface area (Å²) < 4.78 is 0. The number of rotatable bonds is 8. The first-order chi connectivity index (χ1) is 14.6. The number of unbranched alkanes of at least 4 members (excludes halogenated alkanes) is 2. The Morgan fingerprint density at radius 2 is 1.63 bits per heavy atom. The van der Waals surface area contributed by atoms with E-state index < -0.39 is 0 Å². The van der Waals surface area contributed by atoms with Gasteiger partial charge in [0.05, 0.1) is 0 Å². The standard InChI is InChI=1S/C25H36ClN3O/c26-23-6-4-7-24(27-23)29-11-9-28(10-12-29)8-3-1-2-5-22(30)25-16-19-13-20(17-25)15-21(14-19)18-25/h4,6-7,19-21H,1-3,5,8-18H2. The zero-order chi connectivity index (χ0) is 20.6. The van der Waals surface area contributed by atoms with Crippen LogP contribution in [0, 0.1) is 23.2 Å². The SMILES string of the molecule is O=C(CCCCCN1CCN(c2cccc(Cl)n2)CC1)C12CC3CC(CC(C3)C1)C2. The van der Waals surface area contributed by atoms with Crippen LogP contribution in [0.25, 0.3) is 0 Å². The van der Waals surface area contributed by atoms with Crippen LogP contribution in [-0.2, 0) is 4.79 Å². The highest BCUT2D eigenvalue weighted by molar-refractivity contribution is 6.29. The van der Waals surface area contributed by atoms with E-state index >= 15 is 0 Å². The predicted molar refractivity (Wildman–Crippen MR) is 122 cm³/mol. The number of piperazine rings is 1. The number of nitrogens with zero attached hydrogens (tertiary/aromatic N) is 3. The Kier molecular flexibility index (Phi) is 6.07. The van der Waals surface area contributed by atoms with Crippen LogP contribution in [0.1, 0.15) is 64.2 Å². The van der Waals surface area contributed by atoms with Crippen molar-refractivity contribution in [1.29, 1.82) is 0 Å². The van der Waals surface area contributed by atoms with Crippen LogP contribution < -0.4 is 4.90 Å². The van der Waals surface area contributed by atoms with E-state index in [0.717, 1.165) is 69.1 Å². The monoisotopic (exact) mass is 429 g/mol. The smallest absolute Gasteiger partial charge is 0.139 e. The molecule has 5 heteroatoms. The topological polar surface area (TPSA) is 36.4 Å². The zero-order valence-corrected chi connectivity index (χ0v) is 19.0. The van der Waals surface area contributed by atoms with Crippen molar-refractivity contribution in [2.45, 2.75) is 64.2 Å². The quantitative estimate of drug-likeness (QED) is 0.420. The molecule has 1 aromatic rings. The van der Waals surface area contributed by atoms with E-state index in [0.29, 0.717) is 10.9 Å². The number of carbonyl (C=O) groups is 1. The van der Waals surface area contributed by atoms with Crippen LogP contribution in [0.5, 0.6) is 0 Å². The van der Waals surface area contributed by atoms with Crippen LogP contribution in [0.3, 0.4) is 0 Å². The maximum Gasteiger partial charge on any atom is 0.139 e. The van der Waals surface area contributed by atoms with Crippen molar-refractivity contribution in [1.82, 2.24) is 9.88 Å². The lowest BCUT2D eigenvalue weighted by Crippen LogP contribution is -2.50. The molecule has 4 bridgehead atoms. The van der Waals surface area contributed by atoms with E-state index in [2.05, 4.69) is 14.8 Å². The Morgan fingerprint density at radius 1 is 0.967 bits per heavy atom. The largest absolute Gasteiger partial charge is 0.354 e. The highest BCUT2D eigenvalue weighted by Gasteiger charge is 2.53. The first kappa shape index (κ1) is 20.8. The van der Waals surface area contributed by atoms with Gasteiger partial charge in [0.2, 0.25) is 0 Å². The third-order valence-corrected chi connectivity index (χ3v) is 8.62. The van der Waals surface area contributed by atoms with E-state index in [-0.39, 0.29) is 5.41 Å². The summed E-state index contributed by atoms with van der Waals surface area (Å²) in [7, 11) is 0. The van der Waals surface area contributed by atoms with Crippen molar-refractivity contribution in [2.24, 2.45) is 23.2 Å². The van der Waals surface area contributed by atoms with Crippen LogP contribution in [0.15, 0.2) is 18.2 Å². The number of hydrogen-bond donors (Lipinski definition) is 0. The molecule has 0 amide bonds. The van der Waals surface area contributed by atoms with Gasteiger partial charge >= 0.3 is 0 Å². The Morgan fingerprint density at radius 3 is 2.27 bits per heavy atom. The fraction of sp³-hybridized carbons (Fsp3) is 0.760. The minimum absolute atomic E-state index is 0.111. The third-order valence-electron chi connectivity index (χ3n) is 8.40. The summed E-state index contributed by atoms with van der Waals surface area (Å²) in [6, 6.07) is 5.85. The minimum atomic E-state index is 0.111. The second-order valence-corrected chi connectivity index (χ2v) is 11.0. The predicted octanol–water partition coefficient (Wildman–Crippen LogP) is 5.20. The molecule has 0 radical (unpaired) electrons. The number of Topliss-reactive ketones (excluding diaryl/α,β-unsaturated/α-hetero) is 1. The van der Waals surface area contributed by atoms with Crippen LogP contribution >= 0.6 is 11.6 Å². The van der Waals surface area contributed by atoms with Crippen LogP contribution in [0.4, 0.5) is 5.82 Å². The van der Waals surface area contributed by atoms with Gasteiger partial charge in [0.15, 0.2) is 0 Å². The molecule has 30 heavy (non-hydrogen) atoms. The Bertz CT molecular complexity index is 723. The van der Waals surface area contributed by atoms with Gasteiger partial charge in [-0.3, -0.25) is 9.69 Å². The van der Waals surface area contributed by atoms with Crippen molar-refractivity contribution in [3.05, 3.63) is 23.4 Å². The second-order valence-electron chi connectivity index (χ2n) is 10.6. The van der Waals surface area contributed by atoms with Gasteiger partial charge in [0.25, 0.3) is 0 Å². The number of ketones is 1. The lowest BCUT2D eigenvalue weighted by Gasteiger charge is -2.56. The molecule has 0 unspecified atom stereocenters. The summed E-state index contributed by atoms with van der Waals surface area (Å²) in [5.74, 6) is 4.25. The molecule has 0 spiro atoms. The second kappa shape index (κ2) is 8.78. The van der Waals surface area contributed by atoms with Crippen LogP contribution in [-0.4, -0.2) is 48.4 Å². The van der Waals surface area contributed by atoms with Gasteiger partial charge in [-0.2, -0.15) is 0 Å². The number of carbonyl (C=O) groups excluding carboxylic acids is 1. The summed E-state index contributed by atoms with van der Waals surface area (Å²) in [4.78, 5) is 22.4. The molecule has 1 saturated heterocycles. The van der Waals surface area contributed by atoms with E-state index in [4.69, 9.17) is 11.6 Å². The molecule has 0 aromatic carbocycles. The molecule has 6 rings (SSSR count). The number of pyridine rings is 1. The number of anilines is 1. The van der Waals surface area contributed by atoms with Gasteiger partial charge in [0.1, 0.15) is 16.8 Å². The number of aromatic nitrogens is 1. The van der Waals surface area contributed by atoms with Gasteiger partial charge in [-0.15, -0.1) is 0 Å². The fourth-order valence-electron chi connectivity index (χ4n) is 7.29. The third kappa shape index (κ3) is 4.41. The molecular weight excluding hydrogens is 394 g/mol. The normalized spacial score (nSPS) is 33.2. The first-order valence-corrected chi connectivity index (χ1v) is 12.6. The van der Waals surface area contributed by atoms with E-state index in [1.807, 2.05) is 18.2 Å².